The van der Waals surface area contributed by atoms with Crippen molar-refractivity contribution >= 4 is 23.3 Å². The number of hydrogen-bond acceptors (Lipinski definition) is 2. The van der Waals surface area contributed by atoms with Crippen LogP contribution >= 0.6 is 12.2 Å². The molecule has 3 aromatic rings. The zero-order valence-electron chi connectivity index (χ0n) is 10.1. The molecule has 0 aliphatic heterocycles. The van der Waals surface area contributed by atoms with Crippen LogP contribution in [0.4, 0.5) is 0 Å². The predicted octanol–water partition coefficient (Wildman–Crippen LogP) is 3.84. The lowest BCUT2D eigenvalue weighted by Crippen LogP contribution is -2.00. The Morgan fingerprint density at radius 2 is 2.22 bits per heavy atom. The van der Waals surface area contributed by atoms with Crippen molar-refractivity contribution in [2.45, 2.75) is 19.9 Å². The van der Waals surface area contributed by atoms with Crippen molar-refractivity contribution < 1.29 is 4.42 Å². The standard InChI is InChI=1S/C14H14N2OS/c1-10-4-5-13-12(9-10)15-14(18)16(13)7-6-11-3-2-8-17-11/h2-5,8-9H,6-7H2,1H3,(H,15,18). The molecule has 0 aliphatic rings. The van der Waals surface area contributed by atoms with E-state index in [1.165, 1.54) is 5.56 Å². The Kier molecular flexibility index (Phi) is 2.80. The molecule has 1 N–H and O–H groups in total. The van der Waals surface area contributed by atoms with Crippen LogP contribution in [0.3, 0.4) is 0 Å². The van der Waals surface area contributed by atoms with E-state index in [0.717, 1.165) is 34.5 Å². The van der Waals surface area contributed by atoms with Gasteiger partial charge in [-0.2, -0.15) is 0 Å². The summed E-state index contributed by atoms with van der Waals surface area (Å²) in [5.41, 5.74) is 3.48. The Bertz CT molecular complexity index is 722. The van der Waals surface area contributed by atoms with Crippen molar-refractivity contribution in [3.05, 3.63) is 52.7 Å². The van der Waals surface area contributed by atoms with Crippen molar-refractivity contribution in [1.82, 2.24) is 9.55 Å². The lowest BCUT2D eigenvalue weighted by molar-refractivity contribution is 0.492. The van der Waals surface area contributed by atoms with Gasteiger partial charge in [-0.1, -0.05) is 6.07 Å². The van der Waals surface area contributed by atoms with Crippen molar-refractivity contribution in [3.63, 3.8) is 0 Å². The summed E-state index contributed by atoms with van der Waals surface area (Å²) in [6.07, 6.45) is 2.55. The summed E-state index contributed by atoms with van der Waals surface area (Å²) in [6.45, 7) is 2.91. The average Bonchev–Trinajstić information content (AvgIpc) is 2.93. The van der Waals surface area contributed by atoms with Gasteiger partial charge in [0.25, 0.3) is 0 Å². The predicted molar refractivity (Wildman–Crippen MR) is 74.3 cm³/mol. The Balaban J connectivity index is 1.96. The van der Waals surface area contributed by atoms with Gasteiger partial charge in [-0.25, -0.2) is 0 Å². The number of benzene rings is 1. The average molecular weight is 258 g/mol. The summed E-state index contributed by atoms with van der Waals surface area (Å²) in [6, 6.07) is 10.2. The molecule has 18 heavy (non-hydrogen) atoms. The number of imidazole rings is 1. The molecule has 0 saturated carbocycles. The van der Waals surface area contributed by atoms with Gasteiger partial charge < -0.3 is 14.0 Å². The lowest BCUT2D eigenvalue weighted by Gasteiger charge is -2.03. The Morgan fingerprint density at radius 1 is 1.33 bits per heavy atom. The molecule has 0 spiro atoms. The number of fused-ring (bicyclic) bond motifs is 1. The largest absolute Gasteiger partial charge is 0.469 e. The zero-order chi connectivity index (χ0) is 12.5. The number of nitrogens with zero attached hydrogens (tertiary/aromatic N) is 1. The molecule has 0 radical (unpaired) electrons. The number of aryl methyl sites for hydroxylation is 3. The number of rotatable bonds is 3. The monoisotopic (exact) mass is 258 g/mol. The van der Waals surface area contributed by atoms with Gasteiger partial charge in [0.1, 0.15) is 5.76 Å². The van der Waals surface area contributed by atoms with E-state index >= 15 is 0 Å². The van der Waals surface area contributed by atoms with Crippen LogP contribution in [-0.2, 0) is 13.0 Å². The van der Waals surface area contributed by atoms with Crippen LogP contribution in [0.1, 0.15) is 11.3 Å². The van der Waals surface area contributed by atoms with Crippen molar-refractivity contribution in [1.29, 1.82) is 0 Å². The topological polar surface area (TPSA) is 33.9 Å². The van der Waals surface area contributed by atoms with E-state index in [2.05, 4.69) is 34.7 Å². The quantitative estimate of drug-likeness (QED) is 0.724. The molecule has 0 unspecified atom stereocenters. The maximum absolute atomic E-state index is 5.37. The molecule has 0 atom stereocenters. The van der Waals surface area contributed by atoms with Gasteiger partial charge in [-0.15, -0.1) is 0 Å². The maximum atomic E-state index is 5.37. The molecule has 4 heteroatoms. The third-order valence-corrected chi connectivity index (χ3v) is 3.41. The van der Waals surface area contributed by atoms with Gasteiger partial charge in [0.2, 0.25) is 0 Å². The lowest BCUT2D eigenvalue weighted by atomic mass is 10.2. The molecule has 2 aromatic heterocycles. The Morgan fingerprint density at radius 3 is 3.00 bits per heavy atom. The van der Waals surface area contributed by atoms with E-state index in [9.17, 15) is 0 Å². The first-order valence-corrected chi connectivity index (χ1v) is 6.36. The third kappa shape index (κ3) is 1.99. The first-order chi connectivity index (χ1) is 8.74. The summed E-state index contributed by atoms with van der Waals surface area (Å²) in [5, 5.41) is 0. The minimum absolute atomic E-state index is 0.766. The summed E-state index contributed by atoms with van der Waals surface area (Å²) in [5.74, 6) is 0.985. The smallest absolute Gasteiger partial charge is 0.178 e. The number of furan rings is 1. The highest BCUT2D eigenvalue weighted by molar-refractivity contribution is 7.71. The summed E-state index contributed by atoms with van der Waals surface area (Å²) >= 11 is 5.37. The SMILES string of the molecule is Cc1ccc2c(c1)[nH]c(=S)n2CCc1ccco1. The second kappa shape index (κ2) is 4.46. The Labute approximate surface area is 110 Å². The third-order valence-electron chi connectivity index (χ3n) is 3.09. The van der Waals surface area contributed by atoms with Gasteiger partial charge >= 0.3 is 0 Å². The van der Waals surface area contributed by atoms with E-state index in [1.54, 1.807) is 6.26 Å². The number of aromatic amines is 1. The normalized spacial score (nSPS) is 11.2. The molecule has 0 bridgehead atoms. The van der Waals surface area contributed by atoms with Crippen molar-refractivity contribution in [2.75, 3.05) is 0 Å². The molecular formula is C14H14N2OS. The molecule has 0 saturated heterocycles. The van der Waals surface area contributed by atoms with Crippen LogP contribution < -0.4 is 0 Å². The van der Waals surface area contributed by atoms with Crippen LogP contribution in [0, 0.1) is 11.7 Å². The highest BCUT2D eigenvalue weighted by atomic mass is 32.1. The minimum Gasteiger partial charge on any atom is -0.469 e. The number of aromatic nitrogens is 2. The van der Waals surface area contributed by atoms with Crippen molar-refractivity contribution in [3.8, 4) is 0 Å². The molecule has 0 aliphatic carbocycles. The van der Waals surface area contributed by atoms with E-state index in [-0.39, 0.29) is 0 Å². The van der Waals surface area contributed by atoms with Crippen LogP contribution in [0.15, 0.2) is 41.0 Å². The first kappa shape index (κ1) is 11.3. The summed E-state index contributed by atoms with van der Waals surface area (Å²) in [4.78, 5) is 3.25. The molecule has 2 heterocycles. The first-order valence-electron chi connectivity index (χ1n) is 5.95. The molecule has 0 fully saturated rings. The maximum Gasteiger partial charge on any atom is 0.178 e. The second-order valence-corrected chi connectivity index (χ2v) is 4.82. The second-order valence-electron chi connectivity index (χ2n) is 4.43. The van der Waals surface area contributed by atoms with Crippen LogP contribution in [0.25, 0.3) is 11.0 Å². The molecular weight excluding hydrogens is 244 g/mol. The molecule has 0 amide bonds. The highest BCUT2D eigenvalue weighted by Crippen LogP contribution is 2.16. The van der Waals surface area contributed by atoms with Crippen LogP contribution in [0.2, 0.25) is 0 Å². The Hall–Kier alpha value is -1.81. The van der Waals surface area contributed by atoms with E-state index in [0.29, 0.717) is 0 Å². The number of nitrogens with one attached hydrogen (secondary N) is 1. The van der Waals surface area contributed by atoms with Crippen LogP contribution in [-0.4, -0.2) is 9.55 Å². The molecule has 1 aromatic carbocycles. The number of hydrogen-bond donors (Lipinski definition) is 1. The van der Waals surface area contributed by atoms with Gasteiger partial charge in [-0.05, 0) is 49.0 Å². The minimum atomic E-state index is 0.766. The highest BCUT2D eigenvalue weighted by Gasteiger charge is 2.05. The summed E-state index contributed by atoms with van der Waals surface area (Å²) < 4.78 is 8.23. The molecule has 3 rings (SSSR count). The van der Waals surface area contributed by atoms with E-state index < -0.39 is 0 Å². The number of H-pyrrole nitrogens is 1. The zero-order valence-corrected chi connectivity index (χ0v) is 11.0. The van der Waals surface area contributed by atoms with Gasteiger partial charge in [0.15, 0.2) is 4.77 Å². The fraction of sp³-hybridized carbons (Fsp3) is 0.214. The van der Waals surface area contributed by atoms with Crippen molar-refractivity contribution in [2.24, 2.45) is 0 Å². The molecule has 3 nitrogen and oxygen atoms in total. The molecule has 92 valence electrons. The van der Waals surface area contributed by atoms with Gasteiger partial charge in [0.05, 0.1) is 17.3 Å². The van der Waals surface area contributed by atoms with E-state index in [1.807, 2.05) is 12.1 Å². The fourth-order valence-electron chi connectivity index (χ4n) is 2.18. The van der Waals surface area contributed by atoms with Crippen LogP contribution in [0.5, 0.6) is 0 Å². The summed E-state index contributed by atoms with van der Waals surface area (Å²) in [7, 11) is 0. The van der Waals surface area contributed by atoms with E-state index in [4.69, 9.17) is 16.6 Å². The fourth-order valence-corrected chi connectivity index (χ4v) is 2.48. The van der Waals surface area contributed by atoms with Gasteiger partial charge in [-0.3, -0.25) is 0 Å². The van der Waals surface area contributed by atoms with Gasteiger partial charge in [0, 0.05) is 13.0 Å².